The number of carbonyl (C=O) groups is 3. The SMILES string of the molecule is CCOC(=O)N1CCN(C(=O)CNC(=O)c2ccc(=O)[nH]c2)CC1. The summed E-state index contributed by atoms with van der Waals surface area (Å²) < 4.78 is 4.91. The molecule has 9 nitrogen and oxygen atoms in total. The third-order valence-electron chi connectivity index (χ3n) is 3.60. The maximum Gasteiger partial charge on any atom is 0.409 e. The smallest absolute Gasteiger partial charge is 0.409 e. The molecule has 0 unspecified atom stereocenters. The lowest BCUT2D eigenvalue weighted by molar-refractivity contribution is -0.131. The number of pyridine rings is 1. The van der Waals surface area contributed by atoms with Crippen LogP contribution in [0.15, 0.2) is 23.1 Å². The molecular formula is C15H20N4O5. The molecule has 0 radical (unpaired) electrons. The Kier molecular flexibility index (Phi) is 5.94. The highest BCUT2D eigenvalue weighted by Gasteiger charge is 2.24. The second kappa shape index (κ2) is 8.14. The quantitative estimate of drug-likeness (QED) is 0.763. The summed E-state index contributed by atoms with van der Waals surface area (Å²) in [6, 6.07) is 2.63. The number of carbonyl (C=O) groups excluding carboxylic acids is 3. The summed E-state index contributed by atoms with van der Waals surface area (Å²) in [5.74, 6) is -0.666. The van der Waals surface area contributed by atoms with Gasteiger partial charge in [-0.2, -0.15) is 0 Å². The van der Waals surface area contributed by atoms with E-state index in [-0.39, 0.29) is 29.7 Å². The third kappa shape index (κ3) is 4.58. The van der Waals surface area contributed by atoms with Crippen molar-refractivity contribution in [2.24, 2.45) is 0 Å². The Morgan fingerprint density at radius 1 is 1.17 bits per heavy atom. The van der Waals surface area contributed by atoms with Gasteiger partial charge in [0.2, 0.25) is 11.5 Å². The van der Waals surface area contributed by atoms with Crippen LogP contribution in [0.1, 0.15) is 17.3 Å². The van der Waals surface area contributed by atoms with E-state index in [0.29, 0.717) is 32.8 Å². The first-order valence-electron chi connectivity index (χ1n) is 7.67. The van der Waals surface area contributed by atoms with E-state index in [4.69, 9.17) is 4.74 Å². The van der Waals surface area contributed by atoms with Gasteiger partial charge in [-0.1, -0.05) is 0 Å². The van der Waals surface area contributed by atoms with Crippen LogP contribution in [0, 0.1) is 0 Å². The minimum atomic E-state index is -0.440. The minimum Gasteiger partial charge on any atom is -0.450 e. The number of hydrogen-bond acceptors (Lipinski definition) is 5. The molecule has 1 aliphatic heterocycles. The monoisotopic (exact) mass is 336 g/mol. The molecule has 1 aromatic rings. The van der Waals surface area contributed by atoms with Gasteiger partial charge in [0, 0.05) is 38.4 Å². The van der Waals surface area contributed by atoms with Gasteiger partial charge in [-0.05, 0) is 13.0 Å². The van der Waals surface area contributed by atoms with Crippen LogP contribution in [0.3, 0.4) is 0 Å². The fourth-order valence-electron chi connectivity index (χ4n) is 2.27. The Labute approximate surface area is 138 Å². The molecule has 0 spiro atoms. The van der Waals surface area contributed by atoms with E-state index in [9.17, 15) is 19.2 Å². The number of rotatable bonds is 4. The summed E-state index contributed by atoms with van der Waals surface area (Å²) in [6.07, 6.45) is 0.913. The molecule has 0 bridgehead atoms. The molecule has 2 N–H and O–H groups in total. The second-order valence-electron chi connectivity index (χ2n) is 5.19. The van der Waals surface area contributed by atoms with Gasteiger partial charge in [0.05, 0.1) is 18.7 Å². The van der Waals surface area contributed by atoms with Crippen LogP contribution >= 0.6 is 0 Å². The van der Waals surface area contributed by atoms with Crippen molar-refractivity contribution in [3.05, 3.63) is 34.2 Å². The average molecular weight is 336 g/mol. The van der Waals surface area contributed by atoms with E-state index in [0.717, 1.165) is 0 Å². The molecular weight excluding hydrogens is 316 g/mol. The van der Waals surface area contributed by atoms with E-state index in [1.807, 2.05) is 0 Å². The van der Waals surface area contributed by atoms with Crippen molar-refractivity contribution in [3.63, 3.8) is 0 Å². The highest BCUT2D eigenvalue weighted by molar-refractivity contribution is 5.96. The number of hydrogen-bond donors (Lipinski definition) is 2. The zero-order valence-corrected chi connectivity index (χ0v) is 13.4. The highest BCUT2D eigenvalue weighted by Crippen LogP contribution is 2.04. The van der Waals surface area contributed by atoms with Crippen molar-refractivity contribution in [2.75, 3.05) is 39.3 Å². The predicted octanol–water partition coefficient (Wildman–Crippen LogP) is -0.595. The molecule has 24 heavy (non-hydrogen) atoms. The number of ether oxygens (including phenoxy) is 1. The van der Waals surface area contributed by atoms with Crippen molar-refractivity contribution in [2.45, 2.75) is 6.92 Å². The highest BCUT2D eigenvalue weighted by atomic mass is 16.6. The number of H-pyrrole nitrogens is 1. The fourth-order valence-corrected chi connectivity index (χ4v) is 2.27. The Hall–Kier alpha value is -2.84. The van der Waals surface area contributed by atoms with Crippen LogP contribution in [0.2, 0.25) is 0 Å². The lowest BCUT2D eigenvalue weighted by Gasteiger charge is -2.34. The fraction of sp³-hybridized carbons (Fsp3) is 0.467. The Balaban J connectivity index is 1.77. The molecule has 130 valence electrons. The molecule has 1 aliphatic rings. The molecule has 1 fully saturated rings. The molecule has 0 saturated carbocycles. The molecule has 2 heterocycles. The molecule has 9 heteroatoms. The maximum atomic E-state index is 12.1. The van der Waals surface area contributed by atoms with E-state index in [1.165, 1.54) is 18.3 Å². The van der Waals surface area contributed by atoms with E-state index in [1.54, 1.807) is 16.7 Å². The molecule has 0 aliphatic carbocycles. The van der Waals surface area contributed by atoms with Crippen molar-refractivity contribution >= 4 is 17.9 Å². The standard InChI is InChI=1S/C15H20N4O5/c1-2-24-15(23)19-7-5-18(6-8-19)13(21)10-17-14(22)11-3-4-12(20)16-9-11/h3-4,9H,2,5-8,10H2,1H3,(H,16,20)(H,17,22). The topological polar surface area (TPSA) is 112 Å². The largest absolute Gasteiger partial charge is 0.450 e. The van der Waals surface area contributed by atoms with Gasteiger partial charge in [-0.25, -0.2) is 4.79 Å². The number of amides is 3. The first kappa shape index (κ1) is 17.5. The van der Waals surface area contributed by atoms with E-state index < -0.39 is 5.91 Å². The van der Waals surface area contributed by atoms with Crippen molar-refractivity contribution < 1.29 is 19.1 Å². The summed E-state index contributed by atoms with van der Waals surface area (Å²) in [5, 5.41) is 2.51. The van der Waals surface area contributed by atoms with Crippen molar-refractivity contribution in [3.8, 4) is 0 Å². The molecule has 1 aromatic heterocycles. The first-order valence-corrected chi connectivity index (χ1v) is 7.67. The number of nitrogens with one attached hydrogen (secondary N) is 2. The normalized spacial score (nSPS) is 14.2. The Morgan fingerprint density at radius 2 is 1.83 bits per heavy atom. The van der Waals surface area contributed by atoms with Crippen LogP contribution in [0.4, 0.5) is 4.79 Å². The summed E-state index contributed by atoms with van der Waals surface area (Å²) in [7, 11) is 0. The summed E-state index contributed by atoms with van der Waals surface area (Å²) in [5.41, 5.74) is -0.0309. The van der Waals surface area contributed by atoms with Crippen molar-refractivity contribution in [1.82, 2.24) is 20.1 Å². The van der Waals surface area contributed by atoms with Crippen LogP contribution in [0.25, 0.3) is 0 Å². The van der Waals surface area contributed by atoms with Crippen LogP contribution < -0.4 is 10.9 Å². The van der Waals surface area contributed by atoms with Gasteiger partial charge in [0.25, 0.3) is 5.91 Å². The molecule has 0 atom stereocenters. The van der Waals surface area contributed by atoms with Crippen molar-refractivity contribution in [1.29, 1.82) is 0 Å². The molecule has 0 aromatic carbocycles. The minimum absolute atomic E-state index is 0.142. The molecule has 3 amide bonds. The van der Waals surface area contributed by atoms with Gasteiger partial charge in [0.15, 0.2) is 0 Å². The lowest BCUT2D eigenvalue weighted by Crippen LogP contribution is -2.52. The third-order valence-corrected chi connectivity index (χ3v) is 3.60. The first-order chi connectivity index (χ1) is 11.5. The van der Waals surface area contributed by atoms with Gasteiger partial charge < -0.3 is 24.8 Å². The van der Waals surface area contributed by atoms with Crippen LogP contribution in [-0.2, 0) is 9.53 Å². The van der Waals surface area contributed by atoms with E-state index >= 15 is 0 Å². The summed E-state index contributed by atoms with van der Waals surface area (Å²) in [4.78, 5) is 52.1. The zero-order chi connectivity index (χ0) is 17.5. The molecule has 1 saturated heterocycles. The lowest BCUT2D eigenvalue weighted by atomic mass is 10.2. The number of piperazine rings is 1. The Bertz CT molecular complexity index is 644. The van der Waals surface area contributed by atoms with Gasteiger partial charge in [-0.3, -0.25) is 14.4 Å². The van der Waals surface area contributed by atoms with Crippen LogP contribution in [0.5, 0.6) is 0 Å². The maximum absolute atomic E-state index is 12.1. The number of aromatic amines is 1. The van der Waals surface area contributed by atoms with Gasteiger partial charge in [0.1, 0.15) is 0 Å². The number of aromatic nitrogens is 1. The summed E-state index contributed by atoms with van der Waals surface area (Å²) in [6.45, 7) is 3.50. The summed E-state index contributed by atoms with van der Waals surface area (Å²) >= 11 is 0. The van der Waals surface area contributed by atoms with Gasteiger partial charge >= 0.3 is 6.09 Å². The van der Waals surface area contributed by atoms with E-state index in [2.05, 4.69) is 10.3 Å². The predicted molar refractivity (Wildman–Crippen MR) is 84.6 cm³/mol. The average Bonchev–Trinajstić information content (AvgIpc) is 2.60. The second-order valence-corrected chi connectivity index (χ2v) is 5.19. The zero-order valence-electron chi connectivity index (χ0n) is 13.4. The molecule has 2 rings (SSSR count). The Morgan fingerprint density at radius 3 is 2.42 bits per heavy atom. The van der Waals surface area contributed by atoms with Gasteiger partial charge in [-0.15, -0.1) is 0 Å². The number of nitrogens with zero attached hydrogens (tertiary/aromatic N) is 2. The van der Waals surface area contributed by atoms with Crippen LogP contribution in [-0.4, -0.2) is 72.0 Å².